The standard InChI is InChI=1S/C14H20F4N2/c1-2-3-4-5-6-13(20-19)11-9-10(14(16,17)18)7-8-12(11)15/h7-9,13,20H,2-6,19H2,1H3. The van der Waals surface area contributed by atoms with Gasteiger partial charge in [-0.05, 0) is 24.6 Å². The third-order valence-electron chi connectivity index (χ3n) is 3.25. The van der Waals surface area contributed by atoms with Crippen LogP contribution in [0.25, 0.3) is 0 Å². The van der Waals surface area contributed by atoms with E-state index < -0.39 is 23.6 Å². The van der Waals surface area contributed by atoms with E-state index in [0.717, 1.165) is 43.9 Å². The Labute approximate surface area is 116 Å². The van der Waals surface area contributed by atoms with Gasteiger partial charge in [-0.25, -0.2) is 4.39 Å². The fraction of sp³-hybridized carbons (Fsp3) is 0.571. The molecule has 1 atom stereocenters. The minimum absolute atomic E-state index is 0.0289. The predicted octanol–water partition coefficient (Wildman–Crippen LogP) is 4.32. The molecule has 0 aromatic heterocycles. The summed E-state index contributed by atoms with van der Waals surface area (Å²) in [7, 11) is 0. The maximum Gasteiger partial charge on any atom is 0.416 e. The Morgan fingerprint density at radius 1 is 1.20 bits per heavy atom. The summed E-state index contributed by atoms with van der Waals surface area (Å²) in [4.78, 5) is 0. The molecule has 0 aliphatic heterocycles. The molecular weight excluding hydrogens is 272 g/mol. The van der Waals surface area contributed by atoms with Crippen LogP contribution in [0.5, 0.6) is 0 Å². The van der Waals surface area contributed by atoms with Gasteiger partial charge in [0, 0.05) is 11.6 Å². The predicted molar refractivity (Wildman–Crippen MR) is 70.2 cm³/mol. The van der Waals surface area contributed by atoms with Crippen LogP contribution in [0.4, 0.5) is 17.6 Å². The Hall–Kier alpha value is -1.14. The second kappa shape index (κ2) is 7.59. The smallest absolute Gasteiger partial charge is 0.271 e. The van der Waals surface area contributed by atoms with Gasteiger partial charge in [0.1, 0.15) is 5.82 Å². The SMILES string of the molecule is CCCCCCC(NN)c1cc(C(F)(F)F)ccc1F. The second-order valence-electron chi connectivity index (χ2n) is 4.80. The van der Waals surface area contributed by atoms with Gasteiger partial charge in [0.25, 0.3) is 0 Å². The first-order chi connectivity index (χ1) is 9.40. The minimum atomic E-state index is -4.48. The molecule has 1 aromatic rings. The number of hydrazine groups is 1. The lowest BCUT2D eigenvalue weighted by Gasteiger charge is -2.18. The lowest BCUT2D eigenvalue weighted by molar-refractivity contribution is -0.137. The van der Waals surface area contributed by atoms with Gasteiger partial charge in [0.15, 0.2) is 0 Å². The van der Waals surface area contributed by atoms with Crippen LogP contribution in [0, 0.1) is 5.82 Å². The molecule has 1 rings (SSSR count). The number of benzene rings is 1. The van der Waals surface area contributed by atoms with Gasteiger partial charge in [-0.2, -0.15) is 13.2 Å². The van der Waals surface area contributed by atoms with E-state index in [0.29, 0.717) is 6.42 Å². The highest BCUT2D eigenvalue weighted by atomic mass is 19.4. The van der Waals surface area contributed by atoms with Crippen LogP contribution >= 0.6 is 0 Å². The number of unbranched alkanes of at least 4 members (excludes halogenated alkanes) is 3. The third kappa shape index (κ3) is 4.76. The first-order valence-electron chi connectivity index (χ1n) is 6.73. The molecule has 3 N–H and O–H groups in total. The normalized spacial score (nSPS) is 13.5. The molecule has 0 spiro atoms. The zero-order chi connectivity index (χ0) is 15.2. The molecule has 0 aliphatic rings. The van der Waals surface area contributed by atoms with E-state index in [1.165, 1.54) is 0 Å². The quantitative estimate of drug-likeness (QED) is 0.340. The van der Waals surface area contributed by atoms with Crippen LogP contribution in [-0.2, 0) is 6.18 Å². The van der Waals surface area contributed by atoms with Gasteiger partial charge in [0.05, 0.1) is 5.56 Å². The number of alkyl halides is 3. The van der Waals surface area contributed by atoms with Crippen LogP contribution in [0.3, 0.4) is 0 Å². The summed E-state index contributed by atoms with van der Waals surface area (Å²) in [5, 5.41) is 0. The van der Waals surface area contributed by atoms with Crippen LogP contribution < -0.4 is 11.3 Å². The summed E-state index contributed by atoms with van der Waals surface area (Å²) in [6.07, 6.45) is -0.132. The average Bonchev–Trinajstić information content (AvgIpc) is 2.39. The van der Waals surface area contributed by atoms with Gasteiger partial charge in [0.2, 0.25) is 0 Å². The van der Waals surface area contributed by atoms with Crippen molar-refractivity contribution in [1.29, 1.82) is 0 Å². The van der Waals surface area contributed by atoms with E-state index in [1.54, 1.807) is 0 Å². The molecule has 6 heteroatoms. The van der Waals surface area contributed by atoms with Crippen molar-refractivity contribution >= 4 is 0 Å². The summed E-state index contributed by atoms with van der Waals surface area (Å²) in [5.74, 6) is 4.68. The van der Waals surface area contributed by atoms with E-state index in [-0.39, 0.29) is 5.56 Å². The van der Waals surface area contributed by atoms with Crippen LogP contribution in [0.1, 0.15) is 56.2 Å². The van der Waals surface area contributed by atoms with Crippen molar-refractivity contribution in [3.05, 3.63) is 35.1 Å². The number of nitrogens with one attached hydrogen (secondary N) is 1. The molecule has 0 saturated carbocycles. The highest BCUT2D eigenvalue weighted by Crippen LogP contribution is 2.32. The van der Waals surface area contributed by atoms with Gasteiger partial charge < -0.3 is 0 Å². The molecule has 1 unspecified atom stereocenters. The summed E-state index contributed by atoms with van der Waals surface area (Å²) in [5.41, 5.74) is 1.52. The fourth-order valence-corrected chi connectivity index (χ4v) is 2.09. The molecule has 0 heterocycles. The Morgan fingerprint density at radius 3 is 2.45 bits per heavy atom. The minimum Gasteiger partial charge on any atom is -0.271 e. The second-order valence-corrected chi connectivity index (χ2v) is 4.80. The van der Waals surface area contributed by atoms with E-state index >= 15 is 0 Å². The van der Waals surface area contributed by atoms with Gasteiger partial charge in [-0.1, -0.05) is 32.6 Å². The maximum atomic E-state index is 13.7. The number of hydrogen-bond donors (Lipinski definition) is 2. The summed E-state index contributed by atoms with van der Waals surface area (Å²) in [6, 6.07) is 1.81. The summed E-state index contributed by atoms with van der Waals surface area (Å²) >= 11 is 0. The zero-order valence-corrected chi connectivity index (χ0v) is 11.4. The highest BCUT2D eigenvalue weighted by molar-refractivity contribution is 5.29. The lowest BCUT2D eigenvalue weighted by Crippen LogP contribution is -2.29. The van der Waals surface area contributed by atoms with Crippen molar-refractivity contribution in [3.63, 3.8) is 0 Å². The molecule has 0 aliphatic carbocycles. The molecule has 20 heavy (non-hydrogen) atoms. The maximum absolute atomic E-state index is 13.7. The first kappa shape index (κ1) is 16.9. The average molecular weight is 292 g/mol. The van der Waals surface area contributed by atoms with Crippen molar-refractivity contribution in [3.8, 4) is 0 Å². The number of nitrogens with two attached hydrogens (primary N) is 1. The van der Waals surface area contributed by atoms with Crippen molar-refractivity contribution in [1.82, 2.24) is 5.43 Å². The molecule has 0 bridgehead atoms. The lowest BCUT2D eigenvalue weighted by atomic mass is 9.98. The number of rotatable bonds is 7. The number of hydrogen-bond acceptors (Lipinski definition) is 2. The largest absolute Gasteiger partial charge is 0.416 e. The molecule has 0 fully saturated rings. The van der Waals surface area contributed by atoms with E-state index in [1.807, 2.05) is 0 Å². The summed E-state index contributed by atoms with van der Waals surface area (Å²) < 4.78 is 51.6. The van der Waals surface area contributed by atoms with E-state index in [4.69, 9.17) is 5.84 Å². The van der Waals surface area contributed by atoms with Crippen LogP contribution in [-0.4, -0.2) is 0 Å². The third-order valence-corrected chi connectivity index (χ3v) is 3.25. The highest BCUT2D eigenvalue weighted by Gasteiger charge is 2.31. The van der Waals surface area contributed by atoms with Crippen LogP contribution in [0.15, 0.2) is 18.2 Å². The Morgan fingerprint density at radius 2 is 1.90 bits per heavy atom. The molecule has 1 aromatic carbocycles. The molecule has 0 saturated heterocycles. The van der Waals surface area contributed by atoms with Gasteiger partial charge >= 0.3 is 6.18 Å². The first-order valence-corrected chi connectivity index (χ1v) is 6.73. The Kier molecular flexibility index (Phi) is 6.42. The van der Waals surface area contributed by atoms with Crippen molar-refractivity contribution in [2.75, 3.05) is 0 Å². The van der Waals surface area contributed by atoms with Gasteiger partial charge in [-0.3, -0.25) is 11.3 Å². The van der Waals surface area contributed by atoms with E-state index in [2.05, 4.69) is 12.3 Å². The summed E-state index contributed by atoms with van der Waals surface area (Å²) in [6.45, 7) is 2.06. The molecule has 2 nitrogen and oxygen atoms in total. The number of halogens is 4. The topological polar surface area (TPSA) is 38.0 Å². The molecule has 0 amide bonds. The van der Waals surface area contributed by atoms with E-state index in [9.17, 15) is 17.6 Å². The van der Waals surface area contributed by atoms with Crippen molar-refractivity contribution in [2.24, 2.45) is 5.84 Å². The Balaban J connectivity index is 2.85. The fourth-order valence-electron chi connectivity index (χ4n) is 2.09. The van der Waals surface area contributed by atoms with Crippen LogP contribution in [0.2, 0.25) is 0 Å². The zero-order valence-electron chi connectivity index (χ0n) is 11.4. The van der Waals surface area contributed by atoms with Crippen molar-refractivity contribution < 1.29 is 17.6 Å². The molecule has 114 valence electrons. The van der Waals surface area contributed by atoms with Crippen molar-refractivity contribution in [2.45, 2.75) is 51.2 Å². The van der Waals surface area contributed by atoms with Gasteiger partial charge in [-0.15, -0.1) is 0 Å². The monoisotopic (exact) mass is 292 g/mol. The Bertz CT molecular complexity index is 418. The molecule has 0 radical (unpaired) electrons. The molecular formula is C14H20F4N2.